The highest BCUT2D eigenvalue weighted by Crippen LogP contribution is 2.35. The van der Waals surface area contributed by atoms with Crippen molar-refractivity contribution in [2.75, 3.05) is 18.5 Å². The third kappa shape index (κ3) is 7.62. The fraction of sp³-hybridized carbons (Fsp3) is 0.143. The Hall–Kier alpha value is -3.77. The first-order valence-electron chi connectivity index (χ1n) is 10.9. The van der Waals surface area contributed by atoms with E-state index >= 15 is 0 Å². The molecule has 0 aliphatic rings. The predicted molar refractivity (Wildman–Crippen MR) is 145 cm³/mol. The van der Waals surface area contributed by atoms with Crippen molar-refractivity contribution in [2.45, 2.75) is 13.5 Å². The van der Waals surface area contributed by atoms with E-state index in [1.165, 1.54) is 6.08 Å². The van der Waals surface area contributed by atoms with E-state index in [1.807, 2.05) is 49.4 Å². The van der Waals surface area contributed by atoms with Crippen molar-refractivity contribution in [2.24, 2.45) is 0 Å². The zero-order valence-electron chi connectivity index (χ0n) is 19.3. The average Bonchev–Trinajstić information content (AvgIpc) is 2.87. The van der Waals surface area contributed by atoms with Gasteiger partial charge in [0.1, 0.15) is 30.6 Å². The number of anilines is 1. The Balaban J connectivity index is 1.70. The van der Waals surface area contributed by atoms with E-state index in [9.17, 15) is 10.1 Å². The van der Waals surface area contributed by atoms with Gasteiger partial charge < -0.3 is 19.5 Å². The summed E-state index contributed by atoms with van der Waals surface area (Å²) in [6.45, 7) is 6.78. The number of rotatable bonds is 11. The van der Waals surface area contributed by atoms with Gasteiger partial charge in [-0.1, -0.05) is 43.0 Å². The van der Waals surface area contributed by atoms with E-state index in [1.54, 1.807) is 36.4 Å². The molecule has 0 aromatic heterocycles. The topological polar surface area (TPSA) is 80.6 Å². The maximum absolute atomic E-state index is 12.7. The molecule has 0 spiro atoms. The third-order valence-electron chi connectivity index (χ3n) is 4.71. The molecule has 6 nitrogen and oxygen atoms in total. The summed E-state index contributed by atoms with van der Waals surface area (Å²) in [6, 6.07) is 22.4. The molecule has 0 fully saturated rings. The molecule has 3 rings (SSSR count). The number of nitrogens with one attached hydrogen (secondary N) is 1. The minimum Gasteiger partial charge on any atom is -0.490 e. The van der Waals surface area contributed by atoms with Crippen LogP contribution in [0.25, 0.3) is 6.08 Å². The first-order valence-corrected chi connectivity index (χ1v) is 12.0. The number of carbonyl (C=O) groups excluding carboxylic acids is 1. The van der Waals surface area contributed by atoms with Gasteiger partial charge in [0.25, 0.3) is 5.91 Å². The van der Waals surface area contributed by atoms with Gasteiger partial charge in [0, 0.05) is 5.69 Å². The van der Waals surface area contributed by atoms with E-state index in [-0.39, 0.29) is 5.57 Å². The van der Waals surface area contributed by atoms with Crippen molar-refractivity contribution >= 4 is 40.3 Å². The minimum atomic E-state index is -0.509. The summed E-state index contributed by atoms with van der Waals surface area (Å²) >= 11 is 2.14. The minimum absolute atomic E-state index is 0.0348. The quantitative estimate of drug-likeness (QED) is 0.123. The predicted octanol–water partition coefficient (Wildman–Crippen LogP) is 6.38. The van der Waals surface area contributed by atoms with Crippen LogP contribution in [0.4, 0.5) is 5.69 Å². The number of nitriles is 1. The van der Waals surface area contributed by atoms with E-state index in [4.69, 9.17) is 14.2 Å². The summed E-state index contributed by atoms with van der Waals surface area (Å²) in [6.07, 6.45) is 3.17. The second kappa shape index (κ2) is 13.2. The average molecular weight is 580 g/mol. The van der Waals surface area contributed by atoms with Crippen molar-refractivity contribution in [3.8, 4) is 23.3 Å². The van der Waals surface area contributed by atoms with Crippen molar-refractivity contribution < 1.29 is 19.0 Å². The molecular formula is C28H25IN2O4. The lowest BCUT2D eigenvalue weighted by Crippen LogP contribution is -2.13. The van der Waals surface area contributed by atoms with E-state index in [0.29, 0.717) is 48.3 Å². The molecule has 0 atom stereocenters. The van der Waals surface area contributed by atoms with E-state index < -0.39 is 5.91 Å². The Morgan fingerprint density at radius 3 is 2.49 bits per heavy atom. The maximum atomic E-state index is 12.7. The fourth-order valence-electron chi connectivity index (χ4n) is 3.11. The van der Waals surface area contributed by atoms with Gasteiger partial charge in [-0.15, -0.1) is 0 Å². The highest BCUT2D eigenvalue weighted by atomic mass is 127. The molecule has 3 aromatic carbocycles. The fourth-order valence-corrected chi connectivity index (χ4v) is 3.89. The summed E-state index contributed by atoms with van der Waals surface area (Å²) in [4.78, 5) is 12.7. The van der Waals surface area contributed by atoms with E-state index in [0.717, 1.165) is 9.13 Å². The Morgan fingerprint density at radius 1 is 1.09 bits per heavy atom. The van der Waals surface area contributed by atoms with Crippen LogP contribution in [0.15, 0.2) is 85.0 Å². The number of halogens is 1. The highest BCUT2D eigenvalue weighted by Gasteiger charge is 2.14. The van der Waals surface area contributed by atoms with Crippen LogP contribution >= 0.6 is 22.6 Å². The molecule has 0 bridgehead atoms. The number of nitrogens with zero attached hydrogens (tertiary/aromatic N) is 1. The molecule has 0 aliphatic heterocycles. The Bertz CT molecular complexity index is 1230. The normalized spacial score (nSPS) is 10.7. The molecule has 1 amide bonds. The number of benzene rings is 3. The van der Waals surface area contributed by atoms with Gasteiger partial charge in [0.15, 0.2) is 11.5 Å². The largest absolute Gasteiger partial charge is 0.490 e. The van der Waals surface area contributed by atoms with Crippen LogP contribution < -0.4 is 19.5 Å². The molecule has 0 aliphatic carbocycles. The molecular weight excluding hydrogens is 555 g/mol. The molecule has 7 heteroatoms. The SMILES string of the molecule is C=CCOc1c(I)cc(/C=C(\C#N)C(=O)Nc2ccc(OCc3ccccc3)cc2)cc1OCC. The number of ether oxygens (including phenoxy) is 3. The van der Waals surface area contributed by atoms with Gasteiger partial charge in [0.2, 0.25) is 0 Å². The zero-order chi connectivity index (χ0) is 25.0. The Labute approximate surface area is 219 Å². The molecule has 0 heterocycles. The summed E-state index contributed by atoms with van der Waals surface area (Å²) < 4.78 is 18.0. The Kier molecular flexibility index (Phi) is 9.75. The van der Waals surface area contributed by atoms with Crippen molar-refractivity contribution in [3.63, 3.8) is 0 Å². The van der Waals surface area contributed by atoms with Crippen LogP contribution in [0.1, 0.15) is 18.1 Å². The maximum Gasteiger partial charge on any atom is 0.266 e. The molecule has 35 heavy (non-hydrogen) atoms. The summed E-state index contributed by atoms with van der Waals surface area (Å²) in [5.74, 6) is 1.31. The zero-order valence-corrected chi connectivity index (χ0v) is 21.4. The second-order valence-corrected chi connectivity index (χ2v) is 8.45. The Morgan fingerprint density at radius 2 is 1.83 bits per heavy atom. The van der Waals surface area contributed by atoms with Crippen molar-refractivity contribution in [1.82, 2.24) is 0 Å². The number of hydrogen-bond donors (Lipinski definition) is 1. The third-order valence-corrected chi connectivity index (χ3v) is 5.52. The van der Waals surface area contributed by atoms with Crippen LogP contribution in [-0.4, -0.2) is 19.1 Å². The van der Waals surface area contributed by atoms with Crippen LogP contribution in [0.5, 0.6) is 17.2 Å². The molecule has 0 radical (unpaired) electrons. The van der Waals surface area contributed by atoms with Gasteiger partial charge in [0.05, 0.1) is 10.2 Å². The molecule has 0 saturated carbocycles. The summed E-state index contributed by atoms with van der Waals surface area (Å²) in [5, 5.41) is 12.4. The first kappa shape index (κ1) is 25.8. The lowest BCUT2D eigenvalue weighted by molar-refractivity contribution is -0.112. The van der Waals surface area contributed by atoms with Crippen molar-refractivity contribution in [1.29, 1.82) is 5.26 Å². The standard InChI is InChI=1S/C28H25IN2O4/c1-3-14-34-27-25(29)16-21(17-26(27)33-4-2)15-22(18-30)28(32)31-23-10-12-24(13-11-23)35-19-20-8-6-5-7-9-20/h3,5-13,15-17H,1,4,14,19H2,2H3,(H,31,32)/b22-15+. The molecule has 3 aromatic rings. The molecule has 0 unspecified atom stereocenters. The first-order chi connectivity index (χ1) is 17.0. The van der Waals surface area contributed by atoms with Crippen molar-refractivity contribution in [3.05, 3.63) is 99.7 Å². The van der Waals surface area contributed by atoms with Crippen LogP contribution in [0.3, 0.4) is 0 Å². The number of amides is 1. The summed E-state index contributed by atoms with van der Waals surface area (Å²) in [5.41, 5.74) is 2.24. The molecule has 178 valence electrons. The molecule has 0 saturated heterocycles. The smallest absolute Gasteiger partial charge is 0.266 e. The summed E-state index contributed by atoms with van der Waals surface area (Å²) in [7, 11) is 0. The highest BCUT2D eigenvalue weighted by molar-refractivity contribution is 14.1. The number of carbonyl (C=O) groups is 1. The van der Waals surface area contributed by atoms with Gasteiger partial charge in [-0.05, 0) is 83.1 Å². The van der Waals surface area contributed by atoms with Gasteiger partial charge in [-0.2, -0.15) is 5.26 Å². The van der Waals surface area contributed by atoms with Crippen LogP contribution in [0, 0.1) is 14.9 Å². The molecule has 1 N–H and O–H groups in total. The van der Waals surface area contributed by atoms with Crippen LogP contribution in [0.2, 0.25) is 0 Å². The lowest BCUT2D eigenvalue weighted by atomic mass is 10.1. The number of hydrogen-bond acceptors (Lipinski definition) is 5. The van der Waals surface area contributed by atoms with Crippen LogP contribution in [-0.2, 0) is 11.4 Å². The lowest BCUT2D eigenvalue weighted by Gasteiger charge is -2.14. The monoisotopic (exact) mass is 580 g/mol. The van der Waals surface area contributed by atoms with Gasteiger partial charge in [-0.25, -0.2) is 0 Å². The van der Waals surface area contributed by atoms with Gasteiger partial charge in [-0.3, -0.25) is 4.79 Å². The van der Waals surface area contributed by atoms with Gasteiger partial charge >= 0.3 is 0 Å². The van der Waals surface area contributed by atoms with E-state index in [2.05, 4.69) is 34.5 Å². The second-order valence-electron chi connectivity index (χ2n) is 7.29.